The summed E-state index contributed by atoms with van der Waals surface area (Å²) in [6, 6.07) is 21.0. The molecule has 5 heteroatoms. The second-order valence-corrected chi connectivity index (χ2v) is 9.43. The molecule has 2 aromatic heterocycles. The number of benzene rings is 2. The number of nitrogens with zero attached hydrogens (tertiary/aromatic N) is 3. The van der Waals surface area contributed by atoms with Crippen molar-refractivity contribution in [3.63, 3.8) is 0 Å². The maximum absolute atomic E-state index is 5.17. The van der Waals surface area contributed by atoms with E-state index in [2.05, 4.69) is 103 Å². The van der Waals surface area contributed by atoms with Gasteiger partial charge in [-0.05, 0) is 42.8 Å². The second kappa shape index (κ2) is 10.4. The van der Waals surface area contributed by atoms with Gasteiger partial charge in [0.15, 0.2) is 0 Å². The van der Waals surface area contributed by atoms with Crippen molar-refractivity contribution in [2.75, 3.05) is 0 Å². The molecule has 158 valence electrons. The fourth-order valence-corrected chi connectivity index (χ4v) is 4.32. The van der Waals surface area contributed by atoms with Crippen LogP contribution in [0.1, 0.15) is 32.6 Å². The highest BCUT2D eigenvalue weighted by Gasteiger charge is 2.21. The molecular formula is C26H25Br2N3. The summed E-state index contributed by atoms with van der Waals surface area (Å²) in [5, 5.41) is 0. The Morgan fingerprint density at radius 3 is 2.06 bits per heavy atom. The third kappa shape index (κ3) is 5.16. The van der Waals surface area contributed by atoms with E-state index in [4.69, 9.17) is 4.98 Å². The molecule has 0 fully saturated rings. The quantitative estimate of drug-likeness (QED) is 0.211. The van der Waals surface area contributed by atoms with Crippen LogP contribution in [-0.2, 0) is 6.54 Å². The maximum atomic E-state index is 5.17. The number of hydrogen-bond acceptors (Lipinski definition) is 2. The molecule has 0 aliphatic heterocycles. The highest BCUT2D eigenvalue weighted by Crippen LogP contribution is 2.37. The van der Waals surface area contributed by atoms with Crippen LogP contribution in [0.4, 0.5) is 0 Å². The van der Waals surface area contributed by atoms with Crippen molar-refractivity contribution >= 4 is 31.9 Å². The number of unbranched alkanes of at least 4 members (excludes halogenated alkanes) is 3. The normalized spacial score (nSPS) is 11.1. The lowest BCUT2D eigenvalue weighted by Gasteiger charge is -2.13. The average Bonchev–Trinajstić information content (AvgIpc) is 3.18. The van der Waals surface area contributed by atoms with E-state index in [1.165, 1.54) is 24.8 Å². The minimum Gasteiger partial charge on any atom is -0.323 e. The first-order chi connectivity index (χ1) is 15.2. The number of aromatic nitrogens is 3. The summed E-state index contributed by atoms with van der Waals surface area (Å²) >= 11 is 7.13. The third-order valence-corrected chi connectivity index (χ3v) is 6.42. The summed E-state index contributed by atoms with van der Waals surface area (Å²) in [4.78, 5) is 9.53. The smallest absolute Gasteiger partial charge is 0.142 e. The number of hydrogen-bond donors (Lipinski definition) is 0. The standard InChI is InChI=1S/C26H25Br2N3/c1-2-3-4-5-17-31-25(20-10-14-23(28)15-11-20)24(19-8-12-22(27)13-9-19)30-26(31)21-7-6-16-29-18-21/h6-16,18H,2-5,17H2,1H3. The van der Waals surface area contributed by atoms with Gasteiger partial charge in [-0.15, -0.1) is 0 Å². The minimum absolute atomic E-state index is 0.930. The molecule has 0 amide bonds. The highest BCUT2D eigenvalue weighted by molar-refractivity contribution is 9.10. The Kier molecular flexibility index (Phi) is 7.36. The predicted octanol–water partition coefficient (Wildman–Crippen LogP) is 8.38. The minimum atomic E-state index is 0.930. The lowest BCUT2D eigenvalue weighted by molar-refractivity contribution is 0.588. The Hall–Kier alpha value is -2.24. The number of imidazole rings is 1. The Balaban J connectivity index is 1.91. The van der Waals surface area contributed by atoms with Crippen molar-refractivity contribution in [1.29, 1.82) is 0 Å². The highest BCUT2D eigenvalue weighted by atomic mass is 79.9. The topological polar surface area (TPSA) is 30.7 Å². The van der Waals surface area contributed by atoms with Gasteiger partial charge in [-0.25, -0.2) is 4.98 Å². The van der Waals surface area contributed by atoms with Gasteiger partial charge in [0.05, 0.1) is 11.4 Å². The van der Waals surface area contributed by atoms with Crippen LogP contribution in [0.5, 0.6) is 0 Å². The van der Waals surface area contributed by atoms with Crippen molar-refractivity contribution in [2.45, 2.75) is 39.2 Å². The Morgan fingerprint density at radius 1 is 0.774 bits per heavy atom. The van der Waals surface area contributed by atoms with E-state index in [0.717, 1.165) is 50.3 Å². The van der Waals surface area contributed by atoms with E-state index in [1.54, 1.807) is 0 Å². The molecule has 0 saturated heterocycles. The lowest BCUT2D eigenvalue weighted by atomic mass is 10.0. The Labute approximate surface area is 200 Å². The van der Waals surface area contributed by atoms with E-state index in [-0.39, 0.29) is 0 Å². The van der Waals surface area contributed by atoms with Gasteiger partial charge in [0.25, 0.3) is 0 Å². The molecule has 2 aromatic carbocycles. The Bertz CT molecular complexity index is 1120. The average molecular weight is 539 g/mol. The van der Waals surface area contributed by atoms with Crippen molar-refractivity contribution in [3.05, 3.63) is 82.0 Å². The molecular weight excluding hydrogens is 514 g/mol. The molecule has 0 saturated carbocycles. The van der Waals surface area contributed by atoms with Crippen LogP contribution in [0, 0.1) is 0 Å². The Morgan fingerprint density at radius 2 is 1.45 bits per heavy atom. The molecule has 0 aliphatic rings. The van der Waals surface area contributed by atoms with Gasteiger partial charge in [-0.1, -0.05) is 82.3 Å². The van der Waals surface area contributed by atoms with E-state index < -0.39 is 0 Å². The molecule has 0 radical (unpaired) electrons. The van der Waals surface area contributed by atoms with Crippen LogP contribution < -0.4 is 0 Å². The molecule has 0 spiro atoms. The van der Waals surface area contributed by atoms with Crippen LogP contribution >= 0.6 is 31.9 Å². The fraction of sp³-hybridized carbons (Fsp3) is 0.231. The molecule has 4 rings (SSSR count). The molecule has 31 heavy (non-hydrogen) atoms. The summed E-state index contributed by atoms with van der Waals surface area (Å²) in [6.07, 6.45) is 8.54. The zero-order chi connectivity index (χ0) is 21.6. The zero-order valence-corrected chi connectivity index (χ0v) is 20.7. The predicted molar refractivity (Wildman–Crippen MR) is 136 cm³/mol. The van der Waals surface area contributed by atoms with Gasteiger partial charge >= 0.3 is 0 Å². The molecule has 0 N–H and O–H groups in total. The third-order valence-electron chi connectivity index (χ3n) is 5.36. The first-order valence-corrected chi connectivity index (χ1v) is 12.3. The van der Waals surface area contributed by atoms with E-state index in [1.807, 2.05) is 18.5 Å². The zero-order valence-electron chi connectivity index (χ0n) is 17.6. The van der Waals surface area contributed by atoms with Gasteiger partial charge in [0, 0.05) is 44.6 Å². The molecule has 2 heterocycles. The van der Waals surface area contributed by atoms with Crippen LogP contribution in [0.3, 0.4) is 0 Å². The van der Waals surface area contributed by atoms with Crippen molar-refractivity contribution < 1.29 is 0 Å². The lowest BCUT2D eigenvalue weighted by Crippen LogP contribution is -2.03. The largest absolute Gasteiger partial charge is 0.323 e. The maximum Gasteiger partial charge on any atom is 0.142 e. The second-order valence-electron chi connectivity index (χ2n) is 7.60. The van der Waals surface area contributed by atoms with Crippen molar-refractivity contribution in [1.82, 2.24) is 14.5 Å². The number of pyridine rings is 1. The SMILES string of the molecule is CCCCCCn1c(-c2cccnc2)nc(-c2ccc(Br)cc2)c1-c1ccc(Br)cc1. The summed E-state index contributed by atoms with van der Waals surface area (Å²) in [6.45, 7) is 3.18. The molecule has 0 aliphatic carbocycles. The number of rotatable bonds is 8. The first kappa shape index (κ1) is 22.0. The molecule has 0 unspecified atom stereocenters. The van der Waals surface area contributed by atoms with E-state index >= 15 is 0 Å². The van der Waals surface area contributed by atoms with Crippen molar-refractivity contribution in [3.8, 4) is 33.9 Å². The van der Waals surface area contributed by atoms with Crippen LogP contribution in [0.25, 0.3) is 33.9 Å². The molecule has 0 atom stereocenters. The van der Waals surface area contributed by atoms with Gasteiger partial charge < -0.3 is 4.57 Å². The monoisotopic (exact) mass is 537 g/mol. The first-order valence-electron chi connectivity index (χ1n) is 10.7. The summed E-state index contributed by atoms with van der Waals surface area (Å²) < 4.78 is 4.52. The summed E-state index contributed by atoms with van der Waals surface area (Å²) in [5.41, 5.74) is 5.48. The van der Waals surface area contributed by atoms with Gasteiger partial charge in [-0.2, -0.15) is 0 Å². The summed E-state index contributed by atoms with van der Waals surface area (Å²) in [7, 11) is 0. The van der Waals surface area contributed by atoms with Crippen molar-refractivity contribution in [2.24, 2.45) is 0 Å². The van der Waals surface area contributed by atoms with Gasteiger partial charge in [-0.3, -0.25) is 4.98 Å². The van der Waals surface area contributed by atoms with Gasteiger partial charge in [0.2, 0.25) is 0 Å². The van der Waals surface area contributed by atoms with E-state index in [9.17, 15) is 0 Å². The fourth-order valence-electron chi connectivity index (χ4n) is 3.79. The molecule has 3 nitrogen and oxygen atoms in total. The number of halogens is 2. The van der Waals surface area contributed by atoms with Crippen LogP contribution in [-0.4, -0.2) is 14.5 Å². The van der Waals surface area contributed by atoms with Crippen LogP contribution in [0.15, 0.2) is 82.0 Å². The van der Waals surface area contributed by atoms with Crippen LogP contribution in [0.2, 0.25) is 0 Å². The van der Waals surface area contributed by atoms with E-state index in [0.29, 0.717) is 0 Å². The molecule has 0 bridgehead atoms. The molecule has 4 aromatic rings. The van der Waals surface area contributed by atoms with Gasteiger partial charge in [0.1, 0.15) is 5.82 Å². The summed E-state index contributed by atoms with van der Waals surface area (Å²) in [5.74, 6) is 0.973.